The Morgan fingerprint density at radius 3 is 2.54 bits per heavy atom. The molecule has 3 aromatic rings. The number of fused-ring (bicyclic) bond motifs is 1. The number of nitrogens with zero attached hydrogens (tertiary/aromatic N) is 1. The van der Waals surface area contributed by atoms with E-state index in [1.54, 1.807) is 11.3 Å². The highest BCUT2D eigenvalue weighted by Crippen LogP contribution is 2.17. The third-order valence-corrected chi connectivity index (χ3v) is 5.75. The maximum absolute atomic E-state index is 12.3. The first kappa shape index (κ1) is 20.4. The van der Waals surface area contributed by atoms with E-state index < -0.39 is 0 Å². The number of carbonyl (C=O) groups is 1. The fourth-order valence-electron chi connectivity index (χ4n) is 3.37. The molecule has 2 amide bonds. The lowest BCUT2D eigenvalue weighted by molar-refractivity contribution is 0.229. The second kappa shape index (κ2) is 9.71. The SMILES string of the molecule is C[C@@H](Cc1ccsc1)NC(=O)NC[C@H](Cc1ccc2ccccc2c1)N(C)C. The van der Waals surface area contributed by atoms with Gasteiger partial charge >= 0.3 is 6.03 Å². The highest BCUT2D eigenvalue weighted by molar-refractivity contribution is 7.07. The number of hydrogen-bond acceptors (Lipinski definition) is 3. The quantitative estimate of drug-likeness (QED) is 0.597. The van der Waals surface area contributed by atoms with Gasteiger partial charge in [0.1, 0.15) is 0 Å². The van der Waals surface area contributed by atoms with Gasteiger partial charge in [-0.3, -0.25) is 0 Å². The Bertz CT molecular complexity index is 892. The Labute approximate surface area is 171 Å². The minimum absolute atomic E-state index is 0.104. The van der Waals surface area contributed by atoms with Crippen molar-refractivity contribution in [3.63, 3.8) is 0 Å². The van der Waals surface area contributed by atoms with Crippen LogP contribution in [0.5, 0.6) is 0 Å². The second-order valence-electron chi connectivity index (χ2n) is 7.59. The summed E-state index contributed by atoms with van der Waals surface area (Å²) in [6.45, 7) is 2.65. The summed E-state index contributed by atoms with van der Waals surface area (Å²) >= 11 is 1.69. The number of thiophene rings is 1. The van der Waals surface area contributed by atoms with E-state index in [1.165, 1.54) is 21.9 Å². The predicted octanol–water partition coefficient (Wildman–Crippen LogP) is 4.30. The number of hydrogen-bond donors (Lipinski definition) is 2. The third-order valence-electron chi connectivity index (χ3n) is 5.01. The van der Waals surface area contributed by atoms with Gasteiger partial charge in [-0.25, -0.2) is 4.79 Å². The molecule has 2 aromatic carbocycles. The maximum atomic E-state index is 12.3. The summed E-state index contributed by atoms with van der Waals surface area (Å²) in [6, 6.07) is 17.3. The minimum Gasteiger partial charge on any atom is -0.337 e. The van der Waals surface area contributed by atoms with Crippen molar-refractivity contribution >= 4 is 28.1 Å². The predicted molar refractivity (Wildman–Crippen MR) is 119 cm³/mol. The van der Waals surface area contributed by atoms with Crippen LogP contribution in [0.4, 0.5) is 4.79 Å². The zero-order valence-corrected chi connectivity index (χ0v) is 17.6. The number of benzene rings is 2. The largest absolute Gasteiger partial charge is 0.337 e. The van der Waals surface area contributed by atoms with Crippen LogP contribution in [0.15, 0.2) is 59.3 Å². The number of amides is 2. The number of rotatable bonds is 8. The molecule has 0 spiro atoms. The molecule has 0 fully saturated rings. The Kier molecular flexibility index (Phi) is 7.06. The van der Waals surface area contributed by atoms with Crippen LogP contribution in [-0.4, -0.2) is 43.7 Å². The average Bonchev–Trinajstić information content (AvgIpc) is 3.17. The van der Waals surface area contributed by atoms with Gasteiger partial charge in [0.05, 0.1) is 0 Å². The van der Waals surface area contributed by atoms with Crippen LogP contribution in [0.1, 0.15) is 18.1 Å². The van der Waals surface area contributed by atoms with Gasteiger partial charge in [0.2, 0.25) is 0 Å². The molecule has 0 aliphatic heterocycles. The lowest BCUT2D eigenvalue weighted by atomic mass is 10.0. The minimum atomic E-state index is -0.104. The first-order valence-corrected chi connectivity index (χ1v) is 10.6. The molecular formula is C23H29N3OS. The van der Waals surface area contributed by atoms with Crippen LogP contribution in [0.3, 0.4) is 0 Å². The Balaban J connectivity index is 1.52. The van der Waals surface area contributed by atoms with E-state index >= 15 is 0 Å². The molecule has 148 valence electrons. The molecule has 0 unspecified atom stereocenters. The van der Waals surface area contributed by atoms with E-state index in [0.29, 0.717) is 6.54 Å². The van der Waals surface area contributed by atoms with Crippen LogP contribution in [0.2, 0.25) is 0 Å². The van der Waals surface area contributed by atoms with E-state index in [1.807, 2.05) is 6.92 Å². The van der Waals surface area contributed by atoms with Gasteiger partial charge in [0, 0.05) is 18.6 Å². The van der Waals surface area contributed by atoms with Crippen molar-refractivity contribution < 1.29 is 4.79 Å². The molecule has 0 saturated heterocycles. The van der Waals surface area contributed by atoms with E-state index in [9.17, 15) is 4.79 Å². The van der Waals surface area contributed by atoms with Crippen LogP contribution in [0, 0.1) is 0 Å². The van der Waals surface area contributed by atoms with Crippen molar-refractivity contribution in [2.24, 2.45) is 0 Å². The zero-order chi connectivity index (χ0) is 19.9. The molecule has 2 N–H and O–H groups in total. The van der Waals surface area contributed by atoms with E-state index in [2.05, 4.69) is 88.9 Å². The lowest BCUT2D eigenvalue weighted by Crippen LogP contribution is -2.47. The molecule has 4 nitrogen and oxygen atoms in total. The zero-order valence-electron chi connectivity index (χ0n) is 16.8. The fourth-order valence-corrected chi connectivity index (χ4v) is 4.06. The molecular weight excluding hydrogens is 366 g/mol. The lowest BCUT2D eigenvalue weighted by Gasteiger charge is -2.25. The van der Waals surface area contributed by atoms with Crippen LogP contribution < -0.4 is 10.6 Å². The van der Waals surface area contributed by atoms with Gasteiger partial charge in [0.15, 0.2) is 0 Å². The summed E-state index contributed by atoms with van der Waals surface area (Å²) in [6.07, 6.45) is 1.74. The molecule has 3 rings (SSSR count). The first-order chi connectivity index (χ1) is 13.5. The molecule has 1 aromatic heterocycles. The van der Waals surface area contributed by atoms with Gasteiger partial charge < -0.3 is 15.5 Å². The van der Waals surface area contributed by atoms with Crippen LogP contribution >= 0.6 is 11.3 Å². The summed E-state index contributed by atoms with van der Waals surface area (Å²) in [5, 5.41) is 12.8. The standard InChI is InChI=1S/C23H29N3OS/c1-17(12-19-10-11-28-16-19)25-23(27)24-15-22(26(2)3)14-18-8-9-20-6-4-5-7-21(20)13-18/h4-11,13,16-17,22H,12,14-15H2,1-3H3,(H2,24,25,27)/t17-,22-/m0/s1. The highest BCUT2D eigenvalue weighted by atomic mass is 32.1. The summed E-state index contributed by atoms with van der Waals surface area (Å²) < 4.78 is 0. The second-order valence-corrected chi connectivity index (χ2v) is 8.37. The van der Waals surface area contributed by atoms with E-state index in [0.717, 1.165) is 12.8 Å². The van der Waals surface area contributed by atoms with Crippen molar-refractivity contribution in [3.8, 4) is 0 Å². The van der Waals surface area contributed by atoms with Crippen molar-refractivity contribution in [2.45, 2.75) is 31.8 Å². The van der Waals surface area contributed by atoms with Gasteiger partial charge in [-0.15, -0.1) is 0 Å². The molecule has 0 aliphatic rings. The summed E-state index contributed by atoms with van der Waals surface area (Å²) in [4.78, 5) is 14.5. The van der Waals surface area contributed by atoms with Crippen LogP contribution in [0.25, 0.3) is 10.8 Å². The average molecular weight is 396 g/mol. The number of nitrogens with one attached hydrogen (secondary N) is 2. The molecule has 0 saturated carbocycles. The third kappa shape index (κ3) is 5.81. The molecule has 0 radical (unpaired) electrons. The molecule has 0 aliphatic carbocycles. The molecule has 5 heteroatoms. The van der Waals surface area contributed by atoms with Crippen molar-refractivity contribution in [3.05, 3.63) is 70.4 Å². The highest BCUT2D eigenvalue weighted by Gasteiger charge is 2.15. The Morgan fingerprint density at radius 2 is 1.82 bits per heavy atom. The van der Waals surface area contributed by atoms with Gasteiger partial charge in [-0.1, -0.05) is 42.5 Å². The molecule has 0 bridgehead atoms. The molecule has 2 atom stereocenters. The monoisotopic (exact) mass is 395 g/mol. The summed E-state index contributed by atoms with van der Waals surface area (Å²) in [5.74, 6) is 0. The first-order valence-electron chi connectivity index (χ1n) is 9.71. The number of urea groups is 1. The number of likely N-dealkylation sites (N-methyl/N-ethyl adjacent to an activating group) is 1. The van der Waals surface area contributed by atoms with E-state index in [4.69, 9.17) is 0 Å². The van der Waals surface area contributed by atoms with Crippen molar-refractivity contribution in [1.82, 2.24) is 15.5 Å². The summed E-state index contributed by atoms with van der Waals surface area (Å²) in [5.41, 5.74) is 2.55. The smallest absolute Gasteiger partial charge is 0.315 e. The Hall–Kier alpha value is -2.37. The molecule has 1 heterocycles. The van der Waals surface area contributed by atoms with Crippen molar-refractivity contribution in [1.29, 1.82) is 0 Å². The number of carbonyl (C=O) groups excluding carboxylic acids is 1. The molecule has 28 heavy (non-hydrogen) atoms. The fraction of sp³-hybridized carbons (Fsp3) is 0.348. The van der Waals surface area contributed by atoms with Gasteiger partial charge in [0.25, 0.3) is 0 Å². The normalized spacial score (nSPS) is 13.4. The maximum Gasteiger partial charge on any atom is 0.315 e. The van der Waals surface area contributed by atoms with Crippen LogP contribution in [-0.2, 0) is 12.8 Å². The topological polar surface area (TPSA) is 44.4 Å². The van der Waals surface area contributed by atoms with Gasteiger partial charge in [-0.2, -0.15) is 11.3 Å². The van der Waals surface area contributed by atoms with Crippen molar-refractivity contribution in [2.75, 3.05) is 20.6 Å². The van der Waals surface area contributed by atoms with Gasteiger partial charge in [-0.05, 0) is 72.6 Å². The summed E-state index contributed by atoms with van der Waals surface area (Å²) in [7, 11) is 4.12. The Morgan fingerprint density at radius 1 is 1.04 bits per heavy atom. The van der Waals surface area contributed by atoms with E-state index in [-0.39, 0.29) is 18.1 Å².